The first-order valence-electron chi connectivity index (χ1n) is 10.1. The Morgan fingerprint density at radius 1 is 0.963 bits per heavy atom. The Morgan fingerprint density at radius 2 is 1.67 bits per heavy atom. The van der Waals surface area contributed by atoms with Gasteiger partial charge in [0, 0.05) is 38.8 Å². The first-order valence-corrected chi connectivity index (χ1v) is 10.1. The van der Waals surface area contributed by atoms with E-state index in [-0.39, 0.29) is 6.10 Å². The van der Waals surface area contributed by atoms with Crippen LogP contribution in [-0.4, -0.2) is 66.9 Å². The molecule has 0 aliphatic carbocycles. The van der Waals surface area contributed by atoms with Gasteiger partial charge in [0.2, 0.25) is 0 Å². The molecule has 2 aromatic rings. The maximum absolute atomic E-state index is 9.67. The second-order valence-corrected chi connectivity index (χ2v) is 7.91. The molecule has 2 aromatic heterocycles. The number of nitrogens with zero attached hydrogens (tertiary/aromatic N) is 6. The van der Waals surface area contributed by atoms with E-state index in [0.29, 0.717) is 5.92 Å². The van der Waals surface area contributed by atoms with E-state index in [9.17, 15) is 5.11 Å². The summed E-state index contributed by atoms with van der Waals surface area (Å²) in [5, 5.41) is 18.7. The van der Waals surface area contributed by atoms with Crippen LogP contribution in [0.2, 0.25) is 0 Å². The molecule has 0 atom stereocenters. The Kier molecular flexibility index (Phi) is 5.80. The molecule has 2 aliphatic heterocycles. The molecular weight excluding hydrogens is 340 g/mol. The van der Waals surface area contributed by atoms with Crippen LogP contribution >= 0.6 is 0 Å². The summed E-state index contributed by atoms with van der Waals surface area (Å²) in [6, 6.07) is 6.12. The highest BCUT2D eigenvalue weighted by molar-refractivity contribution is 5.06. The van der Waals surface area contributed by atoms with E-state index >= 15 is 0 Å². The third-order valence-electron chi connectivity index (χ3n) is 5.99. The van der Waals surface area contributed by atoms with E-state index in [1.165, 1.54) is 0 Å². The molecule has 2 aliphatic rings. The van der Waals surface area contributed by atoms with E-state index in [4.69, 9.17) is 0 Å². The van der Waals surface area contributed by atoms with Crippen LogP contribution in [0.15, 0.2) is 24.4 Å². The van der Waals surface area contributed by atoms with Gasteiger partial charge in [-0.2, -0.15) is 0 Å². The number of rotatable bonds is 5. The number of aromatic nitrogens is 4. The molecule has 0 radical (unpaired) electrons. The molecule has 146 valence electrons. The van der Waals surface area contributed by atoms with E-state index < -0.39 is 0 Å². The number of likely N-dealkylation sites (tertiary alicyclic amines) is 2. The molecule has 0 unspecified atom stereocenters. The van der Waals surface area contributed by atoms with Crippen molar-refractivity contribution in [3.63, 3.8) is 0 Å². The van der Waals surface area contributed by atoms with Crippen molar-refractivity contribution in [2.24, 2.45) is 7.05 Å². The molecule has 0 saturated carbocycles. The first-order chi connectivity index (χ1) is 13.2. The fourth-order valence-corrected chi connectivity index (χ4v) is 4.22. The monoisotopic (exact) mass is 370 g/mol. The topological polar surface area (TPSA) is 70.3 Å². The van der Waals surface area contributed by atoms with Crippen molar-refractivity contribution in [1.82, 2.24) is 29.5 Å². The summed E-state index contributed by atoms with van der Waals surface area (Å²) in [5.41, 5.74) is 1.14. The van der Waals surface area contributed by atoms with Gasteiger partial charge in [-0.05, 0) is 50.9 Å². The molecule has 0 bridgehead atoms. The van der Waals surface area contributed by atoms with E-state index in [2.05, 4.69) is 48.7 Å². The Morgan fingerprint density at radius 3 is 2.37 bits per heavy atom. The van der Waals surface area contributed by atoms with Gasteiger partial charge >= 0.3 is 0 Å². The number of pyridine rings is 1. The highest BCUT2D eigenvalue weighted by Gasteiger charge is 2.26. The molecule has 4 rings (SSSR count). The SMILES string of the molecule is Cn1c(CN2CCC(O)CC2)nnc1C1CCN(Cc2ccccn2)CC1. The van der Waals surface area contributed by atoms with Crippen LogP contribution in [0.25, 0.3) is 0 Å². The van der Waals surface area contributed by atoms with Gasteiger partial charge in [-0.3, -0.25) is 14.8 Å². The van der Waals surface area contributed by atoms with Crippen molar-refractivity contribution in [3.8, 4) is 0 Å². The molecule has 7 nitrogen and oxygen atoms in total. The van der Waals surface area contributed by atoms with Gasteiger partial charge in [-0.25, -0.2) is 0 Å². The highest BCUT2D eigenvalue weighted by Crippen LogP contribution is 2.27. The van der Waals surface area contributed by atoms with E-state index in [1.807, 2.05) is 12.3 Å². The number of hydrogen-bond acceptors (Lipinski definition) is 6. The molecular formula is C20H30N6O. The maximum Gasteiger partial charge on any atom is 0.146 e. The third kappa shape index (κ3) is 4.54. The van der Waals surface area contributed by atoms with Crippen molar-refractivity contribution in [3.05, 3.63) is 41.7 Å². The molecule has 0 spiro atoms. The predicted octanol–water partition coefficient (Wildman–Crippen LogP) is 1.55. The Labute approximate surface area is 161 Å². The standard InChI is InChI=1S/C20H30N6O/c1-24-19(15-26-12-7-18(27)8-13-26)22-23-20(24)16-5-10-25(11-6-16)14-17-4-2-3-9-21-17/h2-4,9,16,18,27H,5-8,10-15H2,1H3. The molecule has 1 N–H and O–H groups in total. The molecule has 7 heteroatoms. The minimum absolute atomic E-state index is 0.132. The largest absolute Gasteiger partial charge is 0.393 e. The van der Waals surface area contributed by atoms with Crippen LogP contribution in [0.4, 0.5) is 0 Å². The highest BCUT2D eigenvalue weighted by atomic mass is 16.3. The number of aliphatic hydroxyl groups excluding tert-OH is 1. The second kappa shape index (κ2) is 8.46. The summed E-state index contributed by atoms with van der Waals surface area (Å²) in [6.07, 6.45) is 5.70. The summed E-state index contributed by atoms with van der Waals surface area (Å²) >= 11 is 0. The summed E-state index contributed by atoms with van der Waals surface area (Å²) < 4.78 is 2.20. The molecule has 0 amide bonds. The van der Waals surface area contributed by atoms with Gasteiger partial charge in [0.05, 0.1) is 18.3 Å². The van der Waals surface area contributed by atoms with Crippen molar-refractivity contribution in [1.29, 1.82) is 0 Å². The van der Waals surface area contributed by atoms with Crippen LogP contribution in [-0.2, 0) is 20.1 Å². The molecule has 2 saturated heterocycles. The van der Waals surface area contributed by atoms with Gasteiger partial charge in [0.1, 0.15) is 11.6 Å². The lowest BCUT2D eigenvalue weighted by Gasteiger charge is -2.31. The van der Waals surface area contributed by atoms with Crippen molar-refractivity contribution in [2.75, 3.05) is 26.2 Å². The van der Waals surface area contributed by atoms with Gasteiger partial charge < -0.3 is 9.67 Å². The fraction of sp³-hybridized carbons (Fsp3) is 0.650. The van der Waals surface area contributed by atoms with Gasteiger partial charge in [0.15, 0.2) is 0 Å². The zero-order chi connectivity index (χ0) is 18.6. The van der Waals surface area contributed by atoms with Gasteiger partial charge in [-0.15, -0.1) is 10.2 Å². The summed E-state index contributed by atoms with van der Waals surface area (Å²) in [7, 11) is 2.10. The lowest BCUT2D eigenvalue weighted by Crippen LogP contribution is -2.36. The van der Waals surface area contributed by atoms with Crippen molar-refractivity contribution < 1.29 is 5.11 Å². The summed E-state index contributed by atoms with van der Waals surface area (Å²) in [4.78, 5) is 9.29. The number of hydrogen-bond donors (Lipinski definition) is 1. The summed E-state index contributed by atoms with van der Waals surface area (Å²) in [6.45, 7) is 5.79. The fourth-order valence-electron chi connectivity index (χ4n) is 4.22. The summed E-state index contributed by atoms with van der Waals surface area (Å²) in [5.74, 6) is 2.65. The van der Waals surface area contributed by atoms with E-state index in [0.717, 1.165) is 82.3 Å². The van der Waals surface area contributed by atoms with Gasteiger partial charge in [0.25, 0.3) is 0 Å². The number of aliphatic hydroxyl groups is 1. The Balaban J connectivity index is 1.31. The quantitative estimate of drug-likeness (QED) is 0.861. The Bertz CT molecular complexity index is 717. The maximum atomic E-state index is 9.67. The first kappa shape index (κ1) is 18.5. The van der Waals surface area contributed by atoms with Crippen LogP contribution < -0.4 is 0 Å². The zero-order valence-corrected chi connectivity index (χ0v) is 16.2. The Hall–Kier alpha value is -1.83. The van der Waals surface area contributed by atoms with Crippen molar-refractivity contribution >= 4 is 0 Å². The molecule has 2 fully saturated rings. The lowest BCUT2D eigenvalue weighted by molar-refractivity contribution is 0.0775. The number of piperidine rings is 2. The minimum atomic E-state index is -0.132. The molecule has 4 heterocycles. The van der Waals surface area contributed by atoms with Crippen LogP contribution in [0.5, 0.6) is 0 Å². The van der Waals surface area contributed by atoms with Crippen molar-refractivity contribution in [2.45, 2.75) is 50.8 Å². The average molecular weight is 371 g/mol. The third-order valence-corrected chi connectivity index (χ3v) is 5.99. The molecule has 0 aromatic carbocycles. The lowest BCUT2D eigenvalue weighted by atomic mass is 9.96. The predicted molar refractivity (Wildman–Crippen MR) is 103 cm³/mol. The van der Waals surface area contributed by atoms with Crippen LogP contribution in [0.3, 0.4) is 0 Å². The average Bonchev–Trinajstić information content (AvgIpc) is 3.05. The molecule has 27 heavy (non-hydrogen) atoms. The second-order valence-electron chi connectivity index (χ2n) is 7.91. The zero-order valence-electron chi connectivity index (χ0n) is 16.2. The minimum Gasteiger partial charge on any atom is -0.393 e. The van der Waals surface area contributed by atoms with E-state index in [1.54, 1.807) is 0 Å². The van der Waals surface area contributed by atoms with Crippen LogP contribution in [0.1, 0.15) is 48.9 Å². The van der Waals surface area contributed by atoms with Gasteiger partial charge in [-0.1, -0.05) is 6.07 Å². The normalized spacial score (nSPS) is 21.0. The van der Waals surface area contributed by atoms with Crippen LogP contribution in [0, 0.1) is 0 Å². The smallest absolute Gasteiger partial charge is 0.146 e.